The maximum atomic E-state index is 13.2. The first-order valence-electron chi connectivity index (χ1n) is 5.73. The number of rotatable bonds is 5. The quantitative estimate of drug-likeness (QED) is 0.671. The van der Waals surface area contributed by atoms with Crippen molar-refractivity contribution in [2.75, 3.05) is 7.11 Å². The molecule has 7 heteroatoms. The van der Waals surface area contributed by atoms with Crippen molar-refractivity contribution in [2.24, 2.45) is 0 Å². The highest BCUT2D eigenvalue weighted by Crippen LogP contribution is 2.39. The van der Waals surface area contributed by atoms with Crippen molar-refractivity contribution in [2.45, 2.75) is 31.0 Å². The molecule has 1 N–H and O–H groups in total. The third-order valence-corrected chi connectivity index (χ3v) is 3.03. The number of hydrogen-bond donors (Lipinski definition) is 1. The molecule has 0 spiro atoms. The Balaban J connectivity index is 3.10. The van der Waals surface area contributed by atoms with E-state index in [-0.39, 0.29) is 11.3 Å². The van der Waals surface area contributed by atoms with E-state index < -0.39 is 36.2 Å². The van der Waals surface area contributed by atoms with Gasteiger partial charge in [-0.15, -0.1) is 0 Å². The number of hydrogen-bond acceptors (Lipinski definition) is 3. The molecule has 0 aliphatic carbocycles. The zero-order chi connectivity index (χ0) is 15.6. The zero-order valence-electron chi connectivity index (χ0n) is 10.9. The van der Waals surface area contributed by atoms with Gasteiger partial charge in [-0.25, -0.2) is 4.39 Å². The second-order valence-corrected chi connectivity index (χ2v) is 4.53. The van der Waals surface area contributed by atoms with Crippen LogP contribution in [0.15, 0.2) is 18.2 Å². The highest BCUT2D eigenvalue weighted by molar-refractivity contribution is 5.64. The lowest BCUT2D eigenvalue weighted by Gasteiger charge is -2.28. The molecule has 0 fully saturated rings. The minimum Gasteiger partial charge on any atom is -0.496 e. The molecule has 1 rings (SSSR count). The van der Waals surface area contributed by atoms with Crippen molar-refractivity contribution in [1.29, 1.82) is 0 Å². The first-order valence-corrected chi connectivity index (χ1v) is 5.73. The fourth-order valence-corrected chi connectivity index (χ4v) is 1.90. The fraction of sp³-hybridized carbons (Fsp3) is 0.462. The van der Waals surface area contributed by atoms with Crippen LogP contribution in [-0.2, 0) is 4.79 Å². The summed E-state index contributed by atoms with van der Waals surface area (Å²) in [4.78, 5) is 10.6. The molecule has 1 aromatic rings. The molecule has 0 aliphatic rings. The van der Waals surface area contributed by atoms with Gasteiger partial charge in [-0.1, -0.05) is 6.92 Å². The van der Waals surface area contributed by atoms with Gasteiger partial charge in [0.1, 0.15) is 11.6 Å². The standard InChI is InChI=1S/C13H14F4O3/c1-8(6-12(19,7-18)13(15,16)17)10-5-9(14)3-4-11(10)20-2/h3-5,7-8,19H,6H2,1-2H3. The number of aldehydes is 1. The number of alkyl halides is 3. The maximum absolute atomic E-state index is 13.2. The average Bonchev–Trinajstić information content (AvgIpc) is 2.37. The second kappa shape index (κ2) is 5.78. The van der Waals surface area contributed by atoms with Crippen molar-refractivity contribution in [3.8, 4) is 5.75 Å². The van der Waals surface area contributed by atoms with Gasteiger partial charge in [0.2, 0.25) is 5.60 Å². The zero-order valence-corrected chi connectivity index (χ0v) is 10.9. The third-order valence-electron chi connectivity index (χ3n) is 3.03. The van der Waals surface area contributed by atoms with Crippen LogP contribution >= 0.6 is 0 Å². The summed E-state index contributed by atoms with van der Waals surface area (Å²) in [6.45, 7) is 1.34. The molecular weight excluding hydrogens is 280 g/mol. The van der Waals surface area contributed by atoms with Gasteiger partial charge in [-0.05, 0) is 36.1 Å². The lowest BCUT2D eigenvalue weighted by atomic mass is 9.87. The third kappa shape index (κ3) is 3.27. The van der Waals surface area contributed by atoms with E-state index in [0.717, 1.165) is 12.1 Å². The van der Waals surface area contributed by atoms with E-state index in [1.54, 1.807) is 0 Å². The minimum absolute atomic E-state index is 0.150. The molecule has 0 aromatic heterocycles. The van der Waals surface area contributed by atoms with Crippen LogP contribution < -0.4 is 4.74 Å². The van der Waals surface area contributed by atoms with Crippen LogP contribution in [0.1, 0.15) is 24.8 Å². The van der Waals surface area contributed by atoms with E-state index in [9.17, 15) is 27.5 Å². The summed E-state index contributed by atoms with van der Waals surface area (Å²) in [5.41, 5.74) is -3.32. The summed E-state index contributed by atoms with van der Waals surface area (Å²) in [7, 11) is 1.29. The van der Waals surface area contributed by atoms with Crippen LogP contribution in [0.4, 0.5) is 17.6 Å². The van der Waals surface area contributed by atoms with Crippen LogP contribution in [0.3, 0.4) is 0 Å². The smallest absolute Gasteiger partial charge is 0.424 e. The van der Waals surface area contributed by atoms with Crippen LogP contribution in [0.25, 0.3) is 0 Å². The number of halogens is 4. The number of methoxy groups -OCH3 is 1. The molecule has 112 valence electrons. The average molecular weight is 294 g/mol. The first kappa shape index (κ1) is 16.4. The highest BCUT2D eigenvalue weighted by atomic mass is 19.4. The number of aliphatic hydroxyl groups is 1. The number of benzene rings is 1. The van der Waals surface area contributed by atoms with Crippen LogP contribution in [0.2, 0.25) is 0 Å². The maximum Gasteiger partial charge on any atom is 0.424 e. The normalized spacial score (nSPS) is 16.4. The minimum atomic E-state index is -5.09. The van der Waals surface area contributed by atoms with E-state index in [1.807, 2.05) is 0 Å². The molecular formula is C13H14F4O3. The number of carbonyl (C=O) groups is 1. The Hall–Kier alpha value is -1.63. The van der Waals surface area contributed by atoms with Crippen LogP contribution in [0, 0.1) is 5.82 Å². The summed E-state index contributed by atoms with van der Waals surface area (Å²) in [6.07, 6.45) is -6.56. The van der Waals surface area contributed by atoms with Gasteiger partial charge in [0.05, 0.1) is 7.11 Å². The molecule has 0 radical (unpaired) electrons. The van der Waals surface area contributed by atoms with E-state index in [4.69, 9.17) is 4.74 Å². The largest absolute Gasteiger partial charge is 0.496 e. The molecule has 0 saturated carbocycles. The number of ether oxygens (including phenoxy) is 1. The van der Waals surface area contributed by atoms with Gasteiger partial charge in [-0.2, -0.15) is 13.2 Å². The SMILES string of the molecule is COc1ccc(F)cc1C(C)CC(O)(C=O)C(F)(F)F. The first-order chi connectivity index (χ1) is 9.14. The van der Waals surface area contributed by atoms with E-state index in [0.29, 0.717) is 0 Å². The van der Waals surface area contributed by atoms with E-state index in [1.165, 1.54) is 20.1 Å². The Morgan fingerprint density at radius 1 is 1.40 bits per heavy atom. The monoisotopic (exact) mass is 294 g/mol. The van der Waals surface area contributed by atoms with Crippen molar-refractivity contribution in [3.63, 3.8) is 0 Å². The summed E-state index contributed by atoms with van der Waals surface area (Å²) in [5.74, 6) is -1.39. The van der Waals surface area contributed by atoms with Crippen LogP contribution in [0.5, 0.6) is 5.75 Å². The Morgan fingerprint density at radius 3 is 2.45 bits per heavy atom. The summed E-state index contributed by atoms with van der Waals surface area (Å²) >= 11 is 0. The molecule has 0 amide bonds. The Bertz CT molecular complexity index is 487. The molecule has 2 unspecified atom stereocenters. The van der Waals surface area contributed by atoms with Gasteiger partial charge in [0.15, 0.2) is 6.29 Å². The predicted molar refractivity (Wildman–Crippen MR) is 63.1 cm³/mol. The molecule has 0 aliphatic heterocycles. The lowest BCUT2D eigenvalue weighted by molar-refractivity contribution is -0.247. The summed E-state index contributed by atoms with van der Waals surface area (Å²) in [5, 5.41) is 9.39. The highest BCUT2D eigenvalue weighted by Gasteiger charge is 2.54. The molecule has 0 saturated heterocycles. The van der Waals surface area contributed by atoms with Gasteiger partial charge in [0, 0.05) is 0 Å². The Morgan fingerprint density at radius 2 is 2.00 bits per heavy atom. The lowest BCUT2D eigenvalue weighted by Crippen LogP contribution is -2.47. The summed E-state index contributed by atoms with van der Waals surface area (Å²) < 4.78 is 56.1. The Kier molecular flexibility index (Phi) is 4.75. The van der Waals surface area contributed by atoms with Gasteiger partial charge < -0.3 is 9.84 Å². The fourth-order valence-electron chi connectivity index (χ4n) is 1.90. The van der Waals surface area contributed by atoms with Gasteiger partial charge in [-0.3, -0.25) is 4.79 Å². The molecule has 0 heterocycles. The van der Waals surface area contributed by atoms with Gasteiger partial charge in [0.25, 0.3) is 0 Å². The molecule has 2 atom stereocenters. The van der Waals surface area contributed by atoms with Crippen LogP contribution in [-0.4, -0.2) is 30.3 Å². The van der Waals surface area contributed by atoms with Crippen molar-refractivity contribution < 1.29 is 32.2 Å². The van der Waals surface area contributed by atoms with Crippen molar-refractivity contribution in [1.82, 2.24) is 0 Å². The van der Waals surface area contributed by atoms with Crippen molar-refractivity contribution >= 4 is 6.29 Å². The molecule has 20 heavy (non-hydrogen) atoms. The van der Waals surface area contributed by atoms with Crippen molar-refractivity contribution in [3.05, 3.63) is 29.6 Å². The molecule has 1 aromatic carbocycles. The molecule has 0 bridgehead atoms. The predicted octanol–water partition coefficient (Wildman–Crippen LogP) is 2.82. The van der Waals surface area contributed by atoms with E-state index in [2.05, 4.69) is 0 Å². The second-order valence-electron chi connectivity index (χ2n) is 4.53. The topological polar surface area (TPSA) is 46.5 Å². The van der Waals surface area contributed by atoms with Gasteiger partial charge >= 0.3 is 6.18 Å². The Labute approximate surface area is 113 Å². The number of carbonyl (C=O) groups excluding carboxylic acids is 1. The molecule has 3 nitrogen and oxygen atoms in total. The summed E-state index contributed by atoms with van der Waals surface area (Å²) in [6, 6.07) is 3.39. The van der Waals surface area contributed by atoms with E-state index >= 15 is 0 Å².